The first-order valence-electron chi connectivity index (χ1n) is 6.83. The largest absolute Gasteiger partial charge is 0.482 e. The molecule has 0 fully saturated rings. The highest BCUT2D eigenvalue weighted by Crippen LogP contribution is 2.20. The second-order valence-corrected chi connectivity index (χ2v) is 4.18. The predicted octanol–water partition coefficient (Wildman–Crippen LogP) is 2.69. The van der Waals surface area contributed by atoms with Crippen LogP contribution in [0.5, 0.6) is 5.75 Å². The summed E-state index contributed by atoms with van der Waals surface area (Å²) in [5, 5.41) is 3.42. The molecule has 0 saturated carbocycles. The third-order valence-corrected chi connectivity index (χ3v) is 2.80. The van der Waals surface area contributed by atoms with Gasteiger partial charge in [-0.25, -0.2) is 4.79 Å². The Morgan fingerprint density at radius 2 is 1.89 bits per heavy atom. The van der Waals surface area contributed by atoms with Gasteiger partial charge in [0.05, 0.1) is 6.61 Å². The van der Waals surface area contributed by atoms with Crippen LogP contribution in [0.15, 0.2) is 24.3 Å². The molecule has 0 heterocycles. The van der Waals surface area contributed by atoms with E-state index >= 15 is 0 Å². The summed E-state index contributed by atoms with van der Waals surface area (Å²) in [6, 6.07) is 8.18. The average molecular weight is 265 g/mol. The summed E-state index contributed by atoms with van der Waals surface area (Å²) in [6.45, 7) is 7.30. The number of hydrogen-bond acceptors (Lipinski definition) is 4. The van der Waals surface area contributed by atoms with E-state index < -0.39 is 0 Å². The van der Waals surface area contributed by atoms with Crippen molar-refractivity contribution in [3.8, 4) is 5.75 Å². The van der Waals surface area contributed by atoms with E-state index in [1.165, 1.54) is 5.56 Å². The molecular formula is C15H23NO3. The molecule has 0 radical (unpaired) electrons. The molecule has 1 rings (SSSR count). The number of rotatable bonds is 8. The topological polar surface area (TPSA) is 47.6 Å². The Morgan fingerprint density at radius 1 is 1.21 bits per heavy atom. The Labute approximate surface area is 115 Å². The van der Waals surface area contributed by atoms with Gasteiger partial charge in [0.1, 0.15) is 5.75 Å². The second-order valence-electron chi connectivity index (χ2n) is 4.18. The first-order chi connectivity index (χ1) is 9.21. The molecule has 0 bridgehead atoms. The van der Waals surface area contributed by atoms with E-state index in [9.17, 15) is 4.79 Å². The molecule has 4 nitrogen and oxygen atoms in total. The number of esters is 1. The van der Waals surface area contributed by atoms with Crippen LogP contribution < -0.4 is 10.1 Å². The highest BCUT2D eigenvalue weighted by atomic mass is 16.6. The maximum absolute atomic E-state index is 11.2. The molecular weight excluding hydrogens is 242 g/mol. The normalized spacial score (nSPS) is 11.9. The molecule has 0 aliphatic carbocycles. The van der Waals surface area contributed by atoms with Gasteiger partial charge in [-0.05, 0) is 37.6 Å². The Bertz CT molecular complexity index is 375. The zero-order chi connectivity index (χ0) is 14.1. The summed E-state index contributed by atoms with van der Waals surface area (Å²) in [5.41, 5.74) is 1.23. The van der Waals surface area contributed by atoms with Crippen molar-refractivity contribution < 1.29 is 14.3 Å². The molecule has 0 aliphatic heterocycles. The van der Waals surface area contributed by atoms with E-state index in [4.69, 9.17) is 9.47 Å². The molecule has 0 aliphatic rings. The van der Waals surface area contributed by atoms with Gasteiger partial charge >= 0.3 is 5.97 Å². The van der Waals surface area contributed by atoms with Crippen molar-refractivity contribution in [1.82, 2.24) is 5.32 Å². The van der Waals surface area contributed by atoms with E-state index in [2.05, 4.69) is 19.2 Å². The fourth-order valence-electron chi connectivity index (χ4n) is 1.89. The average Bonchev–Trinajstić information content (AvgIpc) is 2.43. The molecule has 0 spiro atoms. The van der Waals surface area contributed by atoms with Crippen molar-refractivity contribution in [1.29, 1.82) is 0 Å². The maximum Gasteiger partial charge on any atom is 0.344 e. The lowest BCUT2D eigenvalue weighted by Gasteiger charge is -2.16. The summed E-state index contributed by atoms with van der Waals surface area (Å²) in [6.07, 6.45) is 1.04. The van der Waals surface area contributed by atoms with Gasteiger partial charge in [0.2, 0.25) is 0 Å². The van der Waals surface area contributed by atoms with Crippen molar-refractivity contribution >= 4 is 5.97 Å². The zero-order valence-electron chi connectivity index (χ0n) is 11.9. The van der Waals surface area contributed by atoms with E-state index in [0.717, 1.165) is 13.0 Å². The van der Waals surface area contributed by atoms with Crippen LogP contribution in [0.2, 0.25) is 0 Å². The number of ether oxygens (including phenoxy) is 2. The van der Waals surface area contributed by atoms with E-state index in [1.54, 1.807) is 6.92 Å². The van der Waals surface area contributed by atoms with Crippen molar-refractivity contribution in [2.75, 3.05) is 19.8 Å². The number of hydrogen-bond donors (Lipinski definition) is 1. The van der Waals surface area contributed by atoms with Crippen LogP contribution in [0.25, 0.3) is 0 Å². The van der Waals surface area contributed by atoms with E-state index in [1.807, 2.05) is 24.3 Å². The molecule has 0 amide bonds. The van der Waals surface area contributed by atoms with Gasteiger partial charge < -0.3 is 14.8 Å². The highest BCUT2D eigenvalue weighted by Gasteiger charge is 2.08. The number of nitrogens with one attached hydrogen (secondary N) is 1. The number of carbonyl (C=O) groups excluding carboxylic acids is 1. The molecule has 0 saturated heterocycles. The van der Waals surface area contributed by atoms with Gasteiger partial charge in [-0.3, -0.25) is 0 Å². The quantitative estimate of drug-likeness (QED) is 0.734. The standard InChI is InChI=1S/C15H23NO3/c1-4-14(16-5-2)12-7-9-13(10-8-12)19-11-15(17)18-6-3/h7-10,14,16H,4-6,11H2,1-3H3. The van der Waals surface area contributed by atoms with Crippen LogP contribution in [0, 0.1) is 0 Å². The zero-order valence-corrected chi connectivity index (χ0v) is 11.9. The minimum Gasteiger partial charge on any atom is -0.482 e. The highest BCUT2D eigenvalue weighted by molar-refractivity contribution is 5.71. The number of carbonyl (C=O) groups is 1. The lowest BCUT2D eigenvalue weighted by molar-refractivity contribution is -0.145. The van der Waals surface area contributed by atoms with E-state index in [-0.39, 0.29) is 12.6 Å². The maximum atomic E-state index is 11.2. The van der Waals surface area contributed by atoms with Crippen molar-refractivity contribution in [3.05, 3.63) is 29.8 Å². The Morgan fingerprint density at radius 3 is 2.42 bits per heavy atom. The van der Waals surface area contributed by atoms with Crippen molar-refractivity contribution in [2.24, 2.45) is 0 Å². The Balaban J connectivity index is 2.53. The second kappa shape index (κ2) is 8.53. The predicted molar refractivity (Wildman–Crippen MR) is 75.3 cm³/mol. The third kappa shape index (κ3) is 5.30. The van der Waals surface area contributed by atoms with Crippen LogP contribution in [0.4, 0.5) is 0 Å². The summed E-state index contributed by atoms with van der Waals surface area (Å²) in [7, 11) is 0. The van der Waals surface area contributed by atoms with Crippen molar-refractivity contribution in [2.45, 2.75) is 33.2 Å². The fraction of sp³-hybridized carbons (Fsp3) is 0.533. The SMILES string of the molecule is CCNC(CC)c1ccc(OCC(=O)OCC)cc1. The lowest BCUT2D eigenvalue weighted by Crippen LogP contribution is -2.20. The van der Waals surface area contributed by atoms with E-state index in [0.29, 0.717) is 18.4 Å². The van der Waals surface area contributed by atoms with Gasteiger partial charge in [0, 0.05) is 6.04 Å². The molecule has 0 aromatic heterocycles. The first-order valence-corrected chi connectivity index (χ1v) is 6.83. The minimum absolute atomic E-state index is 0.0440. The molecule has 1 aromatic carbocycles. The lowest BCUT2D eigenvalue weighted by atomic mass is 10.0. The van der Waals surface area contributed by atoms with Crippen LogP contribution in [0.3, 0.4) is 0 Å². The minimum atomic E-state index is -0.342. The molecule has 1 aromatic rings. The monoisotopic (exact) mass is 265 g/mol. The molecule has 4 heteroatoms. The summed E-state index contributed by atoms with van der Waals surface area (Å²) in [5.74, 6) is 0.341. The van der Waals surface area contributed by atoms with Crippen LogP contribution in [-0.2, 0) is 9.53 Å². The summed E-state index contributed by atoms with van der Waals surface area (Å²) in [4.78, 5) is 11.2. The third-order valence-electron chi connectivity index (χ3n) is 2.80. The molecule has 106 valence electrons. The Hall–Kier alpha value is -1.55. The number of benzene rings is 1. The van der Waals surface area contributed by atoms with Gasteiger partial charge in [0.15, 0.2) is 6.61 Å². The summed E-state index contributed by atoms with van der Waals surface area (Å²) >= 11 is 0. The molecule has 1 unspecified atom stereocenters. The Kier molecular flexibility index (Phi) is 6.97. The molecule has 1 atom stereocenters. The van der Waals surface area contributed by atoms with Gasteiger partial charge in [-0.15, -0.1) is 0 Å². The van der Waals surface area contributed by atoms with Gasteiger partial charge in [-0.1, -0.05) is 26.0 Å². The fourth-order valence-corrected chi connectivity index (χ4v) is 1.89. The van der Waals surface area contributed by atoms with Crippen molar-refractivity contribution in [3.63, 3.8) is 0 Å². The van der Waals surface area contributed by atoms with Gasteiger partial charge in [0.25, 0.3) is 0 Å². The van der Waals surface area contributed by atoms with Crippen LogP contribution >= 0.6 is 0 Å². The molecule has 1 N–H and O–H groups in total. The van der Waals surface area contributed by atoms with Crippen LogP contribution in [0.1, 0.15) is 38.8 Å². The van der Waals surface area contributed by atoms with Gasteiger partial charge in [-0.2, -0.15) is 0 Å². The smallest absolute Gasteiger partial charge is 0.344 e. The molecule has 19 heavy (non-hydrogen) atoms. The first kappa shape index (κ1) is 15.5. The van der Waals surface area contributed by atoms with Crippen LogP contribution in [-0.4, -0.2) is 25.7 Å². The summed E-state index contributed by atoms with van der Waals surface area (Å²) < 4.78 is 10.2.